The molecule has 0 fully saturated rings. The van der Waals surface area contributed by atoms with Crippen molar-refractivity contribution in [3.63, 3.8) is 0 Å². The Bertz CT molecular complexity index is 1580. The van der Waals surface area contributed by atoms with E-state index in [4.69, 9.17) is 4.74 Å². The number of alkyl halides is 9. The molecule has 1 heterocycles. The number of rotatable bonds is 8. The number of aromatic nitrogens is 1. The molecule has 0 aliphatic heterocycles. The van der Waals surface area contributed by atoms with E-state index in [1.54, 1.807) is 0 Å². The Morgan fingerprint density at radius 3 is 1.96 bits per heavy atom. The Hall–Kier alpha value is -4.83. The number of methoxy groups -OCH3 is 1. The highest BCUT2D eigenvalue weighted by Crippen LogP contribution is 2.55. The molecule has 242 valence electrons. The van der Waals surface area contributed by atoms with Gasteiger partial charge in [-0.05, 0) is 48.9 Å². The van der Waals surface area contributed by atoms with Crippen LogP contribution in [0, 0.1) is 6.92 Å². The lowest BCUT2D eigenvalue weighted by Crippen LogP contribution is -2.50. The molecule has 0 N–H and O–H groups in total. The fourth-order valence-electron chi connectivity index (χ4n) is 4.40. The summed E-state index contributed by atoms with van der Waals surface area (Å²) in [6, 6.07) is 6.14. The average Bonchev–Trinajstić information content (AvgIpc) is 2.95. The number of carbonyl (C=O) groups is 3. The maximum Gasteiger partial charge on any atom is 0.435 e. The molecular weight excluding hydrogens is 629 g/mol. The van der Waals surface area contributed by atoms with E-state index in [1.807, 2.05) is 0 Å². The molecule has 3 amide bonds. The lowest BCUT2D eigenvalue weighted by Gasteiger charge is -2.32. The fraction of sp³-hybridized carbons (Fsp3) is 0.286. The summed E-state index contributed by atoms with van der Waals surface area (Å²) >= 11 is 0. The number of carbonyl (C=O) groups excluding carboxylic acids is 3. The van der Waals surface area contributed by atoms with Crippen LogP contribution in [0.1, 0.15) is 38.8 Å². The number of halogens is 9. The van der Waals surface area contributed by atoms with E-state index in [1.165, 1.54) is 43.7 Å². The molecule has 0 aliphatic carbocycles. The van der Waals surface area contributed by atoms with Crippen LogP contribution in [0.25, 0.3) is 0 Å². The van der Waals surface area contributed by atoms with Crippen LogP contribution >= 0.6 is 0 Å². The number of ether oxygens (including phenoxy) is 2. The number of anilines is 2. The quantitative estimate of drug-likeness (QED) is 0.250. The summed E-state index contributed by atoms with van der Waals surface area (Å²) in [4.78, 5) is 44.6. The SMILES string of the molecule is COc1c(C(=O)N(C(C)=O)c2c(C)cc(C(F)(C(F)(F)F)C(F)(F)F)cc2OC(F)F)cccc1N(C)C(=O)c1ccncc1. The van der Waals surface area contributed by atoms with Gasteiger partial charge in [0.25, 0.3) is 11.8 Å². The Balaban J connectivity index is 2.25. The van der Waals surface area contributed by atoms with Crippen LogP contribution in [0.2, 0.25) is 0 Å². The van der Waals surface area contributed by atoms with Crippen molar-refractivity contribution in [2.45, 2.75) is 38.5 Å². The molecule has 0 unspecified atom stereocenters. The van der Waals surface area contributed by atoms with Gasteiger partial charge in [0.2, 0.25) is 5.91 Å². The molecule has 3 aromatic rings. The standard InChI is InChI=1S/C28H22F9N3O5/c1-14-12-17(26(31,27(32,33)34)28(35,36)37)13-20(45-25(29)30)21(14)40(15(2)41)24(43)18-6-5-7-19(22(18)44-4)39(3)23(42)16-8-10-38-11-9-16/h5-13,25H,1-4H3. The summed E-state index contributed by atoms with van der Waals surface area (Å²) in [6.07, 6.45) is -10.5. The molecule has 1 aromatic heterocycles. The van der Waals surface area contributed by atoms with Crippen molar-refractivity contribution in [2.75, 3.05) is 24.0 Å². The molecular formula is C28H22F9N3O5. The molecule has 0 radical (unpaired) electrons. The summed E-state index contributed by atoms with van der Waals surface area (Å²) in [5.41, 5.74) is -10.4. The molecule has 0 aliphatic rings. The smallest absolute Gasteiger partial charge is 0.435 e. The zero-order valence-electron chi connectivity index (χ0n) is 23.6. The van der Waals surface area contributed by atoms with Gasteiger partial charge in [0, 0.05) is 37.5 Å². The first-order valence-electron chi connectivity index (χ1n) is 12.4. The Morgan fingerprint density at radius 2 is 1.47 bits per heavy atom. The first-order valence-corrected chi connectivity index (χ1v) is 12.4. The Morgan fingerprint density at radius 1 is 0.889 bits per heavy atom. The molecule has 0 atom stereocenters. The molecule has 8 nitrogen and oxygen atoms in total. The highest BCUT2D eigenvalue weighted by atomic mass is 19.4. The predicted molar refractivity (Wildman–Crippen MR) is 140 cm³/mol. The van der Waals surface area contributed by atoms with E-state index in [9.17, 15) is 53.9 Å². The Labute approximate surface area is 249 Å². The van der Waals surface area contributed by atoms with E-state index in [0.29, 0.717) is 0 Å². The highest BCUT2D eigenvalue weighted by molar-refractivity contribution is 6.23. The van der Waals surface area contributed by atoms with Crippen molar-refractivity contribution < 1.29 is 63.4 Å². The van der Waals surface area contributed by atoms with Crippen LogP contribution in [0.4, 0.5) is 50.9 Å². The van der Waals surface area contributed by atoms with Gasteiger partial charge in [0.05, 0.1) is 24.0 Å². The zero-order chi connectivity index (χ0) is 34.1. The van der Waals surface area contributed by atoms with Gasteiger partial charge in [0.1, 0.15) is 0 Å². The number of hydrogen-bond donors (Lipinski definition) is 0. The second-order valence-electron chi connectivity index (χ2n) is 9.29. The minimum absolute atomic E-state index is 0.00663. The van der Waals surface area contributed by atoms with Crippen molar-refractivity contribution in [3.05, 3.63) is 77.1 Å². The maximum atomic E-state index is 14.9. The average molecular weight is 651 g/mol. The third kappa shape index (κ3) is 6.51. The monoisotopic (exact) mass is 651 g/mol. The number of hydrogen-bond acceptors (Lipinski definition) is 6. The number of pyridine rings is 1. The molecule has 0 saturated heterocycles. The Kier molecular flexibility index (Phi) is 9.74. The number of benzene rings is 2. The minimum Gasteiger partial charge on any atom is -0.494 e. The van der Waals surface area contributed by atoms with Crippen molar-refractivity contribution >= 4 is 29.1 Å². The number of imide groups is 1. The van der Waals surface area contributed by atoms with Crippen LogP contribution in [0.5, 0.6) is 11.5 Å². The van der Waals surface area contributed by atoms with E-state index < -0.39 is 70.5 Å². The molecule has 0 bridgehead atoms. The van der Waals surface area contributed by atoms with Crippen molar-refractivity contribution in [1.82, 2.24) is 4.98 Å². The zero-order valence-corrected chi connectivity index (χ0v) is 23.6. The minimum atomic E-state index is -6.61. The lowest BCUT2D eigenvalue weighted by molar-refractivity contribution is -0.348. The largest absolute Gasteiger partial charge is 0.494 e. The molecule has 3 rings (SSSR count). The summed E-state index contributed by atoms with van der Waals surface area (Å²) < 4.78 is 132. The number of aryl methyl sites for hydroxylation is 1. The molecule has 0 spiro atoms. The van der Waals surface area contributed by atoms with Gasteiger partial charge in [-0.1, -0.05) is 6.07 Å². The molecule has 45 heavy (non-hydrogen) atoms. The topological polar surface area (TPSA) is 89.0 Å². The maximum absolute atomic E-state index is 14.9. The van der Waals surface area contributed by atoms with Crippen LogP contribution in [0.3, 0.4) is 0 Å². The van der Waals surface area contributed by atoms with Gasteiger partial charge in [-0.3, -0.25) is 19.4 Å². The highest BCUT2D eigenvalue weighted by Gasteiger charge is 2.73. The summed E-state index contributed by atoms with van der Waals surface area (Å²) in [5.74, 6) is -5.12. The fourth-order valence-corrected chi connectivity index (χ4v) is 4.40. The summed E-state index contributed by atoms with van der Waals surface area (Å²) in [5, 5.41) is 0. The summed E-state index contributed by atoms with van der Waals surface area (Å²) in [6.45, 7) is -2.42. The van der Waals surface area contributed by atoms with E-state index in [-0.39, 0.29) is 34.0 Å². The van der Waals surface area contributed by atoms with Crippen molar-refractivity contribution in [1.29, 1.82) is 0 Å². The molecule has 0 saturated carbocycles. The molecule has 2 aromatic carbocycles. The first kappa shape index (κ1) is 34.7. The van der Waals surface area contributed by atoms with Crippen LogP contribution in [-0.4, -0.2) is 55.8 Å². The normalized spacial score (nSPS) is 12.1. The molecule has 17 heteroatoms. The number of amides is 3. The second kappa shape index (κ2) is 12.6. The third-order valence-corrected chi connectivity index (χ3v) is 6.42. The van der Waals surface area contributed by atoms with Crippen LogP contribution in [-0.2, 0) is 10.5 Å². The first-order chi connectivity index (χ1) is 20.8. The van der Waals surface area contributed by atoms with E-state index in [2.05, 4.69) is 9.72 Å². The van der Waals surface area contributed by atoms with Gasteiger partial charge in [-0.2, -0.15) is 35.1 Å². The van der Waals surface area contributed by atoms with E-state index in [0.717, 1.165) is 31.9 Å². The van der Waals surface area contributed by atoms with Gasteiger partial charge in [-0.15, -0.1) is 0 Å². The third-order valence-electron chi connectivity index (χ3n) is 6.42. The van der Waals surface area contributed by atoms with Gasteiger partial charge < -0.3 is 14.4 Å². The number of nitrogens with zero attached hydrogens (tertiary/aromatic N) is 3. The lowest BCUT2D eigenvalue weighted by atomic mass is 9.91. The van der Waals surface area contributed by atoms with Crippen LogP contribution < -0.4 is 19.3 Å². The van der Waals surface area contributed by atoms with E-state index >= 15 is 0 Å². The van der Waals surface area contributed by atoms with Crippen molar-refractivity contribution in [2.24, 2.45) is 0 Å². The summed E-state index contributed by atoms with van der Waals surface area (Å²) in [7, 11) is 2.39. The van der Waals surface area contributed by atoms with Crippen molar-refractivity contribution in [3.8, 4) is 11.5 Å². The van der Waals surface area contributed by atoms with Gasteiger partial charge in [0.15, 0.2) is 11.5 Å². The van der Waals surface area contributed by atoms with Crippen LogP contribution in [0.15, 0.2) is 54.9 Å². The predicted octanol–water partition coefficient (Wildman–Crippen LogP) is 6.76. The number of para-hydroxylation sites is 1. The van der Waals surface area contributed by atoms with Gasteiger partial charge in [-0.25, -0.2) is 9.29 Å². The second-order valence-corrected chi connectivity index (χ2v) is 9.29. The van der Waals surface area contributed by atoms with Gasteiger partial charge >= 0.3 is 24.6 Å².